The van der Waals surface area contributed by atoms with Crippen LogP contribution in [0.5, 0.6) is 0 Å². The minimum atomic E-state index is 0.363. The van der Waals surface area contributed by atoms with Crippen molar-refractivity contribution in [2.24, 2.45) is 0 Å². The molecule has 0 aromatic carbocycles. The summed E-state index contributed by atoms with van der Waals surface area (Å²) in [5.74, 6) is 0. The number of aryl methyl sites for hydroxylation is 2. The Balaban J connectivity index is 2.18. The van der Waals surface area contributed by atoms with Crippen LogP contribution in [0.3, 0.4) is 0 Å². The van der Waals surface area contributed by atoms with E-state index in [1.54, 1.807) is 0 Å². The smallest absolute Gasteiger partial charge is 0.0468 e. The summed E-state index contributed by atoms with van der Waals surface area (Å²) in [5, 5.41) is 3.38. The van der Waals surface area contributed by atoms with Gasteiger partial charge in [0.2, 0.25) is 0 Å². The number of nitrogens with one attached hydrogen (secondary N) is 1. The summed E-state index contributed by atoms with van der Waals surface area (Å²) >= 11 is 1.86. The van der Waals surface area contributed by atoms with Crippen molar-refractivity contribution in [1.29, 1.82) is 0 Å². The number of likely N-dealkylation sites (N-methyl/N-ethyl adjacent to an activating group) is 1. The summed E-state index contributed by atoms with van der Waals surface area (Å²) in [5.41, 5.74) is 2.44. The fourth-order valence-corrected chi connectivity index (χ4v) is 2.90. The van der Waals surface area contributed by atoms with Crippen molar-refractivity contribution < 1.29 is 0 Å². The average molecular weight is 246 g/mol. The monoisotopic (exact) mass is 246 g/mol. The highest BCUT2D eigenvalue weighted by molar-refractivity contribution is 7.12. The van der Waals surface area contributed by atoms with Crippen molar-refractivity contribution in [3.8, 4) is 0 Å². The van der Waals surface area contributed by atoms with E-state index in [-0.39, 0.29) is 0 Å². The molecule has 1 unspecified atom stereocenters. The maximum atomic E-state index is 4.46. The van der Waals surface area contributed by atoms with E-state index in [1.807, 2.05) is 30.6 Å². The van der Waals surface area contributed by atoms with Crippen LogP contribution in [0.2, 0.25) is 0 Å². The molecule has 0 amide bonds. The highest BCUT2D eigenvalue weighted by atomic mass is 32.1. The van der Waals surface area contributed by atoms with Gasteiger partial charge in [-0.25, -0.2) is 0 Å². The Morgan fingerprint density at radius 2 is 2.12 bits per heavy atom. The largest absolute Gasteiger partial charge is 0.312 e. The highest BCUT2D eigenvalue weighted by Gasteiger charge is 2.13. The summed E-state index contributed by atoms with van der Waals surface area (Å²) in [6.07, 6.45) is 2.82. The molecule has 0 spiro atoms. The molecule has 1 N–H and O–H groups in total. The molecule has 90 valence electrons. The van der Waals surface area contributed by atoms with E-state index in [0.29, 0.717) is 6.04 Å². The Bertz CT molecular complexity index is 490. The molecule has 1 atom stereocenters. The van der Waals surface area contributed by atoms with E-state index in [0.717, 1.165) is 6.42 Å². The first-order valence-electron chi connectivity index (χ1n) is 5.85. The van der Waals surface area contributed by atoms with E-state index in [2.05, 4.69) is 42.3 Å². The van der Waals surface area contributed by atoms with Gasteiger partial charge in [0, 0.05) is 34.1 Å². The average Bonchev–Trinajstić information content (AvgIpc) is 2.75. The fraction of sp³-hybridized carbons (Fsp3) is 0.357. The maximum absolute atomic E-state index is 4.46. The van der Waals surface area contributed by atoms with Crippen molar-refractivity contribution in [3.63, 3.8) is 0 Å². The fourth-order valence-electron chi connectivity index (χ4n) is 1.91. The molecule has 0 saturated heterocycles. The molecule has 2 rings (SSSR count). The standard InChI is InChI=1S/C14H18N2S/c1-10-5-4-8-16-12(10)9-13(15-3)14-7-6-11(2)17-14/h4-8,13,15H,9H2,1-3H3. The van der Waals surface area contributed by atoms with Crippen molar-refractivity contribution in [3.05, 3.63) is 51.5 Å². The van der Waals surface area contributed by atoms with Crippen LogP contribution in [-0.2, 0) is 6.42 Å². The molecule has 2 aromatic rings. The van der Waals surface area contributed by atoms with Gasteiger partial charge in [0.25, 0.3) is 0 Å². The number of hydrogen-bond donors (Lipinski definition) is 1. The first kappa shape index (κ1) is 12.3. The topological polar surface area (TPSA) is 24.9 Å². The van der Waals surface area contributed by atoms with Crippen LogP contribution >= 0.6 is 11.3 Å². The predicted molar refractivity (Wildman–Crippen MR) is 73.5 cm³/mol. The first-order valence-corrected chi connectivity index (χ1v) is 6.66. The summed E-state index contributed by atoms with van der Waals surface area (Å²) in [6.45, 7) is 4.27. The third-order valence-electron chi connectivity index (χ3n) is 2.97. The van der Waals surface area contributed by atoms with Gasteiger partial charge in [0.15, 0.2) is 0 Å². The van der Waals surface area contributed by atoms with E-state index >= 15 is 0 Å². The second-order valence-electron chi connectivity index (χ2n) is 4.26. The first-order chi connectivity index (χ1) is 8.20. The van der Waals surface area contributed by atoms with Crippen LogP contribution in [0.4, 0.5) is 0 Å². The molecule has 0 aliphatic carbocycles. The summed E-state index contributed by atoms with van der Waals surface area (Å²) < 4.78 is 0. The number of rotatable bonds is 4. The van der Waals surface area contributed by atoms with Gasteiger partial charge >= 0.3 is 0 Å². The number of pyridine rings is 1. The summed E-state index contributed by atoms with van der Waals surface area (Å²) in [7, 11) is 2.01. The third-order valence-corrected chi connectivity index (χ3v) is 4.08. The Labute approximate surface area is 107 Å². The molecule has 0 bridgehead atoms. The predicted octanol–water partition coefficient (Wildman–Crippen LogP) is 3.26. The van der Waals surface area contributed by atoms with Crippen LogP contribution in [0, 0.1) is 13.8 Å². The van der Waals surface area contributed by atoms with E-state index in [4.69, 9.17) is 0 Å². The normalized spacial score (nSPS) is 12.6. The number of thiophene rings is 1. The minimum absolute atomic E-state index is 0.363. The van der Waals surface area contributed by atoms with Crippen molar-refractivity contribution in [1.82, 2.24) is 10.3 Å². The van der Waals surface area contributed by atoms with E-state index in [9.17, 15) is 0 Å². The van der Waals surface area contributed by atoms with Gasteiger partial charge in [-0.3, -0.25) is 4.98 Å². The number of nitrogens with zero attached hydrogens (tertiary/aromatic N) is 1. The van der Waals surface area contributed by atoms with Crippen molar-refractivity contribution in [2.75, 3.05) is 7.05 Å². The van der Waals surface area contributed by atoms with Crippen LogP contribution in [0.15, 0.2) is 30.5 Å². The highest BCUT2D eigenvalue weighted by Crippen LogP contribution is 2.25. The molecular weight excluding hydrogens is 228 g/mol. The quantitative estimate of drug-likeness (QED) is 0.895. The Kier molecular flexibility index (Phi) is 3.92. The summed E-state index contributed by atoms with van der Waals surface area (Å²) in [6, 6.07) is 8.86. The summed E-state index contributed by atoms with van der Waals surface area (Å²) in [4.78, 5) is 7.21. The maximum Gasteiger partial charge on any atom is 0.0468 e. The molecule has 17 heavy (non-hydrogen) atoms. The second-order valence-corrected chi connectivity index (χ2v) is 5.58. The molecule has 0 fully saturated rings. The van der Waals surface area contributed by atoms with Gasteiger partial charge in [-0.1, -0.05) is 6.07 Å². The van der Waals surface area contributed by atoms with Gasteiger partial charge in [-0.05, 0) is 44.7 Å². The SMILES string of the molecule is CNC(Cc1ncccc1C)c1ccc(C)s1. The van der Waals surface area contributed by atoms with Gasteiger partial charge in [-0.15, -0.1) is 11.3 Å². The Morgan fingerprint density at radius 1 is 1.29 bits per heavy atom. The lowest BCUT2D eigenvalue weighted by Crippen LogP contribution is -2.18. The lowest BCUT2D eigenvalue weighted by atomic mass is 10.1. The molecule has 0 aliphatic rings. The Hall–Kier alpha value is -1.19. The zero-order valence-electron chi connectivity index (χ0n) is 10.5. The van der Waals surface area contributed by atoms with Crippen LogP contribution in [-0.4, -0.2) is 12.0 Å². The zero-order valence-corrected chi connectivity index (χ0v) is 11.3. The third kappa shape index (κ3) is 2.93. The van der Waals surface area contributed by atoms with Crippen LogP contribution in [0.25, 0.3) is 0 Å². The van der Waals surface area contributed by atoms with Gasteiger partial charge in [-0.2, -0.15) is 0 Å². The lowest BCUT2D eigenvalue weighted by Gasteiger charge is -2.15. The molecule has 2 nitrogen and oxygen atoms in total. The lowest BCUT2D eigenvalue weighted by molar-refractivity contribution is 0.592. The molecule has 0 radical (unpaired) electrons. The van der Waals surface area contributed by atoms with Gasteiger partial charge in [0.1, 0.15) is 0 Å². The van der Waals surface area contributed by atoms with Crippen LogP contribution in [0.1, 0.15) is 27.1 Å². The van der Waals surface area contributed by atoms with Crippen molar-refractivity contribution >= 4 is 11.3 Å². The van der Waals surface area contributed by atoms with Gasteiger partial charge in [0.05, 0.1) is 0 Å². The molecule has 2 aromatic heterocycles. The second kappa shape index (κ2) is 5.43. The molecule has 0 aliphatic heterocycles. The number of hydrogen-bond acceptors (Lipinski definition) is 3. The minimum Gasteiger partial charge on any atom is -0.312 e. The Morgan fingerprint density at radius 3 is 2.71 bits per heavy atom. The van der Waals surface area contributed by atoms with E-state index in [1.165, 1.54) is 21.0 Å². The molecule has 2 heterocycles. The number of aromatic nitrogens is 1. The zero-order chi connectivity index (χ0) is 12.3. The van der Waals surface area contributed by atoms with Gasteiger partial charge < -0.3 is 5.32 Å². The van der Waals surface area contributed by atoms with Crippen LogP contribution < -0.4 is 5.32 Å². The van der Waals surface area contributed by atoms with Crippen molar-refractivity contribution in [2.45, 2.75) is 26.3 Å². The molecule has 3 heteroatoms. The molecular formula is C14H18N2S. The van der Waals surface area contributed by atoms with E-state index < -0.39 is 0 Å². The molecule has 0 saturated carbocycles.